The Bertz CT molecular complexity index is 814. The molecule has 2 aliphatic heterocycles. The number of anilines is 3. The Morgan fingerprint density at radius 3 is 1.74 bits per heavy atom. The third kappa shape index (κ3) is 4.04. The van der Waals surface area contributed by atoms with Gasteiger partial charge in [-0.3, -0.25) is 10.3 Å². The molecule has 0 radical (unpaired) electrons. The lowest BCUT2D eigenvalue weighted by Gasteiger charge is -2.37. The van der Waals surface area contributed by atoms with Crippen LogP contribution in [0.1, 0.15) is 5.56 Å². The number of nitrogens with zero attached hydrogens (tertiary/aromatic N) is 5. The van der Waals surface area contributed by atoms with Gasteiger partial charge in [0.15, 0.2) is 0 Å². The third-order valence-electron chi connectivity index (χ3n) is 4.83. The van der Waals surface area contributed by atoms with Gasteiger partial charge < -0.3 is 9.80 Å². The summed E-state index contributed by atoms with van der Waals surface area (Å²) < 4.78 is 0. The number of nitrogens with one attached hydrogen (secondary N) is 1. The molecule has 1 fully saturated rings. The molecule has 2 aromatic carbocycles. The number of nitriles is 1. The SMILES string of the molecule is C#N.C=C1NN=CN1c1ccc(N2CCN(c3ccc(C)cc3)CC2)cc1. The van der Waals surface area contributed by atoms with Crippen LogP contribution < -0.4 is 20.1 Å². The summed E-state index contributed by atoms with van der Waals surface area (Å²) in [4.78, 5) is 6.85. The summed E-state index contributed by atoms with van der Waals surface area (Å²) in [5.41, 5.74) is 7.82. The molecule has 0 bridgehead atoms. The zero-order chi connectivity index (χ0) is 19.2. The molecule has 4 rings (SSSR count). The molecule has 27 heavy (non-hydrogen) atoms. The van der Waals surface area contributed by atoms with E-state index in [-0.39, 0.29) is 0 Å². The van der Waals surface area contributed by atoms with Gasteiger partial charge in [-0.2, -0.15) is 5.10 Å². The molecular weight excluding hydrogens is 336 g/mol. The lowest BCUT2D eigenvalue weighted by molar-refractivity contribution is 0.653. The molecule has 0 atom stereocenters. The number of benzene rings is 2. The Labute approximate surface area is 160 Å². The molecule has 2 aromatic rings. The van der Waals surface area contributed by atoms with Crippen LogP contribution in [0, 0.1) is 18.8 Å². The molecule has 1 N–H and O–H groups in total. The van der Waals surface area contributed by atoms with Gasteiger partial charge in [0.1, 0.15) is 12.2 Å². The van der Waals surface area contributed by atoms with E-state index < -0.39 is 0 Å². The van der Waals surface area contributed by atoms with Crippen molar-refractivity contribution in [3.63, 3.8) is 0 Å². The van der Waals surface area contributed by atoms with E-state index in [4.69, 9.17) is 5.26 Å². The molecule has 0 aromatic heterocycles. The fraction of sp³-hybridized carbons (Fsp3) is 0.238. The summed E-state index contributed by atoms with van der Waals surface area (Å²) in [5.74, 6) is 0.777. The van der Waals surface area contributed by atoms with Crippen molar-refractivity contribution in [2.45, 2.75) is 6.92 Å². The van der Waals surface area contributed by atoms with Crippen LogP contribution in [0.25, 0.3) is 0 Å². The highest BCUT2D eigenvalue weighted by Crippen LogP contribution is 2.25. The molecule has 2 aliphatic rings. The van der Waals surface area contributed by atoms with Crippen molar-refractivity contribution in [1.82, 2.24) is 5.43 Å². The van der Waals surface area contributed by atoms with E-state index in [9.17, 15) is 0 Å². The van der Waals surface area contributed by atoms with E-state index in [0.29, 0.717) is 0 Å². The van der Waals surface area contributed by atoms with Crippen molar-refractivity contribution >= 4 is 23.4 Å². The lowest BCUT2D eigenvalue weighted by Crippen LogP contribution is -2.46. The van der Waals surface area contributed by atoms with Gasteiger partial charge in [0, 0.05) is 49.8 Å². The number of piperazine rings is 1. The van der Waals surface area contributed by atoms with Gasteiger partial charge in [-0.25, -0.2) is 5.26 Å². The van der Waals surface area contributed by atoms with Gasteiger partial charge in [-0.05, 0) is 43.3 Å². The first-order chi connectivity index (χ1) is 13.2. The van der Waals surface area contributed by atoms with Gasteiger partial charge in [-0.15, -0.1) is 0 Å². The number of hydrazone groups is 1. The maximum Gasteiger partial charge on any atom is 0.124 e. The first-order valence-electron chi connectivity index (χ1n) is 8.90. The second-order valence-electron chi connectivity index (χ2n) is 6.50. The average Bonchev–Trinajstić information content (AvgIpc) is 3.16. The van der Waals surface area contributed by atoms with Crippen molar-refractivity contribution < 1.29 is 0 Å². The van der Waals surface area contributed by atoms with Crippen molar-refractivity contribution in [3.05, 3.63) is 66.5 Å². The number of hydrogen-bond donors (Lipinski definition) is 1. The minimum atomic E-state index is 0.777. The van der Waals surface area contributed by atoms with Crippen molar-refractivity contribution in [1.29, 1.82) is 5.26 Å². The standard InChI is InChI=1S/C20H23N5.CHN/c1-16-3-5-18(6-4-16)23-11-13-24(14-12-23)19-7-9-20(10-8-19)25-15-21-22-17(25)2;1-2/h3-10,15,22H,2,11-14H2,1H3;1H. The molecular formula is C21H24N6. The van der Waals surface area contributed by atoms with E-state index in [1.165, 1.54) is 16.9 Å². The highest BCUT2D eigenvalue weighted by atomic mass is 15.5. The van der Waals surface area contributed by atoms with E-state index in [1.807, 2.05) is 4.90 Å². The molecule has 6 heteroatoms. The van der Waals surface area contributed by atoms with Gasteiger partial charge in [0.25, 0.3) is 0 Å². The van der Waals surface area contributed by atoms with Crippen LogP contribution in [0.4, 0.5) is 17.1 Å². The highest BCUT2D eigenvalue weighted by Gasteiger charge is 2.18. The maximum atomic E-state index is 6.50. The van der Waals surface area contributed by atoms with Crippen LogP contribution in [0.3, 0.4) is 0 Å². The predicted molar refractivity (Wildman–Crippen MR) is 112 cm³/mol. The van der Waals surface area contributed by atoms with Crippen LogP contribution in [0.5, 0.6) is 0 Å². The Morgan fingerprint density at radius 2 is 1.30 bits per heavy atom. The number of aryl methyl sites for hydroxylation is 1. The summed E-state index contributed by atoms with van der Waals surface area (Å²) >= 11 is 0. The topological polar surface area (TPSA) is 57.9 Å². The highest BCUT2D eigenvalue weighted by molar-refractivity contribution is 5.85. The third-order valence-corrected chi connectivity index (χ3v) is 4.83. The average molecular weight is 360 g/mol. The van der Waals surface area contributed by atoms with E-state index in [1.54, 1.807) is 6.34 Å². The van der Waals surface area contributed by atoms with Crippen LogP contribution in [-0.4, -0.2) is 32.5 Å². The molecule has 1 saturated heterocycles. The second-order valence-corrected chi connectivity index (χ2v) is 6.50. The van der Waals surface area contributed by atoms with Crippen molar-refractivity contribution in [2.24, 2.45) is 5.10 Å². The summed E-state index contributed by atoms with van der Waals surface area (Å²) in [6.07, 6.45) is 1.75. The van der Waals surface area contributed by atoms with Crippen LogP contribution in [0.2, 0.25) is 0 Å². The molecule has 2 heterocycles. The molecule has 0 spiro atoms. The summed E-state index contributed by atoms with van der Waals surface area (Å²) in [6, 6.07) is 17.4. The molecule has 138 valence electrons. The zero-order valence-corrected chi connectivity index (χ0v) is 15.5. The quantitative estimate of drug-likeness (QED) is 0.910. The molecule has 6 nitrogen and oxygen atoms in total. The van der Waals surface area contributed by atoms with Gasteiger partial charge in [-0.1, -0.05) is 24.3 Å². The van der Waals surface area contributed by atoms with Crippen LogP contribution in [-0.2, 0) is 0 Å². The molecule has 0 saturated carbocycles. The summed E-state index contributed by atoms with van der Waals surface area (Å²) in [7, 11) is 0. The first-order valence-corrected chi connectivity index (χ1v) is 8.90. The molecule has 0 unspecified atom stereocenters. The van der Waals surface area contributed by atoms with Crippen molar-refractivity contribution in [3.8, 4) is 6.57 Å². The Morgan fingerprint density at radius 1 is 0.852 bits per heavy atom. The smallest absolute Gasteiger partial charge is 0.124 e. The van der Waals surface area contributed by atoms with Crippen molar-refractivity contribution in [2.75, 3.05) is 40.9 Å². The first kappa shape index (κ1) is 18.3. The lowest BCUT2D eigenvalue weighted by atomic mass is 10.2. The maximum absolute atomic E-state index is 6.50. The monoisotopic (exact) mass is 360 g/mol. The van der Waals surface area contributed by atoms with E-state index in [0.717, 1.165) is 37.7 Å². The Kier molecular flexibility index (Phi) is 5.62. The van der Waals surface area contributed by atoms with Gasteiger partial charge >= 0.3 is 0 Å². The van der Waals surface area contributed by atoms with E-state index in [2.05, 4.69) is 88.9 Å². The number of rotatable bonds is 3. The van der Waals surface area contributed by atoms with E-state index >= 15 is 0 Å². The zero-order valence-electron chi connectivity index (χ0n) is 15.5. The summed E-state index contributed by atoms with van der Waals surface area (Å²) in [5, 5.41) is 10.5. The Balaban J connectivity index is 0.00000102. The van der Waals surface area contributed by atoms with Crippen LogP contribution in [0.15, 0.2) is 66.0 Å². The predicted octanol–water partition coefficient (Wildman–Crippen LogP) is 3.29. The fourth-order valence-electron chi connectivity index (χ4n) is 3.31. The van der Waals surface area contributed by atoms with Gasteiger partial charge in [0.2, 0.25) is 0 Å². The van der Waals surface area contributed by atoms with Gasteiger partial charge in [0.05, 0.1) is 0 Å². The second kappa shape index (κ2) is 8.28. The normalized spacial score (nSPS) is 16.0. The largest absolute Gasteiger partial charge is 0.368 e. The minimum absolute atomic E-state index is 0.777. The molecule has 0 amide bonds. The molecule has 0 aliphatic carbocycles. The van der Waals surface area contributed by atoms with Crippen LogP contribution >= 0.6 is 0 Å². The summed E-state index contributed by atoms with van der Waals surface area (Å²) in [6.45, 7) is 13.7. The Hall–Kier alpha value is -3.46. The number of hydrogen-bond acceptors (Lipinski definition) is 6. The fourth-order valence-corrected chi connectivity index (χ4v) is 3.31. The minimum Gasteiger partial charge on any atom is -0.368 e.